The van der Waals surface area contributed by atoms with Crippen molar-refractivity contribution in [1.82, 2.24) is 0 Å². The molecule has 0 saturated carbocycles. The first-order chi connectivity index (χ1) is 8.02. The maximum Gasteiger partial charge on any atom is 0.125 e. The second-order valence-corrected chi connectivity index (χ2v) is 4.14. The summed E-state index contributed by atoms with van der Waals surface area (Å²) < 4.78 is 16.1. The van der Waals surface area contributed by atoms with Gasteiger partial charge in [0.2, 0.25) is 0 Å². The number of ether oxygens (including phenoxy) is 3. The Morgan fingerprint density at radius 3 is 1.88 bits per heavy atom. The third-order valence-electron chi connectivity index (χ3n) is 3.20. The first-order valence-electron chi connectivity index (χ1n) is 5.50. The van der Waals surface area contributed by atoms with E-state index < -0.39 is 5.60 Å². The van der Waals surface area contributed by atoms with Crippen molar-refractivity contribution in [1.29, 1.82) is 0 Å². The fourth-order valence-corrected chi connectivity index (χ4v) is 1.71. The Morgan fingerprint density at radius 2 is 1.59 bits per heavy atom. The highest BCUT2D eigenvalue weighted by Crippen LogP contribution is 2.35. The molecule has 0 bridgehead atoms. The van der Waals surface area contributed by atoms with Crippen LogP contribution >= 0.6 is 0 Å². The van der Waals surface area contributed by atoms with Gasteiger partial charge in [-0.25, -0.2) is 0 Å². The molecule has 0 amide bonds. The molecule has 0 aliphatic carbocycles. The quantitative estimate of drug-likeness (QED) is 0.851. The van der Waals surface area contributed by atoms with Gasteiger partial charge in [0.1, 0.15) is 17.1 Å². The zero-order valence-corrected chi connectivity index (χ0v) is 11.2. The third kappa shape index (κ3) is 2.53. The van der Waals surface area contributed by atoms with Crippen LogP contribution in [0.25, 0.3) is 0 Å². The molecule has 0 heterocycles. The Kier molecular flexibility index (Phi) is 4.37. The van der Waals surface area contributed by atoms with Crippen LogP contribution in [0.2, 0.25) is 0 Å². The van der Waals surface area contributed by atoms with E-state index in [1.165, 1.54) is 0 Å². The molecular formula is C13H21NO3. The third-order valence-corrected chi connectivity index (χ3v) is 3.20. The summed E-state index contributed by atoms with van der Waals surface area (Å²) in [6.07, 6.45) is 0. The van der Waals surface area contributed by atoms with Crippen molar-refractivity contribution in [2.75, 3.05) is 27.9 Å². The number of nitrogens with two attached hydrogens (primary N) is 1. The van der Waals surface area contributed by atoms with Gasteiger partial charge in [-0.3, -0.25) is 0 Å². The highest BCUT2D eigenvalue weighted by Gasteiger charge is 2.26. The van der Waals surface area contributed by atoms with E-state index >= 15 is 0 Å². The van der Waals surface area contributed by atoms with Crippen molar-refractivity contribution in [3.05, 3.63) is 23.3 Å². The van der Waals surface area contributed by atoms with Crippen molar-refractivity contribution in [2.45, 2.75) is 19.4 Å². The summed E-state index contributed by atoms with van der Waals surface area (Å²) in [6.45, 7) is 4.28. The molecular weight excluding hydrogens is 218 g/mol. The van der Waals surface area contributed by atoms with Crippen molar-refractivity contribution >= 4 is 0 Å². The monoisotopic (exact) mass is 239 g/mol. The predicted molar refractivity (Wildman–Crippen MR) is 67.7 cm³/mol. The van der Waals surface area contributed by atoms with E-state index in [2.05, 4.69) is 0 Å². The van der Waals surface area contributed by atoms with E-state index in [1.54, 1.807) is 21.3 Å². The van der Waals surface area contributed by atoms with Crippen molar-refractivity contribution < 1.29 is 14.2 Å². The van der Waals surface area contributed by atoms with Crippen LogP contribution in [-0.2, 0) is 10.3 Å². The summed E-state index contributed by atoms with van der Waals surface area (Å²) in [5, 5.41) is 0. The Bertz CT molecular complexity index is 361. The number of rotatable bonds is 5. The van der Waals surface area contributed by atoms with Gasteiger partial charge >= 0.3 is 0 Å². The highest BCUT2D eigenvalue weighted by molar-refractivity contribution is 5.48. The summed E-state index contributed by atoms with van der Waals surface area (Å²) in [5.74, 6) is 1.55. The Morgan fingerprint density at radius 1 is 1.12 bits per heavy atom. The fourth-order valence-electron chi connectivity index (χ4n) is 1.71. The van der Waals surface area contributed by atoms with Crippen molar-refractivity contribution in [2.24, 2.45) is 5.73 Å². The van der Waals surface area contributed by atoms with E-state index in [9.17, 15) is 0 Å². The minimum atomic E-state index is -0.533. The Hall–Kier alpha value is -1.26. The molecule has 0 aliphatic rings. The van der Waals surface area contributed by atoms with E-state index in [-0.39, 0.29) is 0 Å². The second kappa shape index (κ2) is 5.38. The minimum absolute atomic E-state index is 0.388. The van der Waals surface area contributed by atoms with Gasteiger partial charge in [0, 0.05) is 19.2 Å². The summed E-state index contributed by atoms with van der Waals surface area (Å²) in [6, 6.07) is 3.88. The van der Waals surface area contributed by atoms with Crippen LogP contribution in [0.4, 0.5) is 0 Å². The summed E-state index contributed by atoms with van der Waals surface area (Å²) in [4.78, 5) is 0. The molecule has 1 rings (SSSR count). The molecule has 0 aromatic heterocycles. The first kappa shape index (κ1) is 13.8. The molecule has 0 aliphatic heterocycles. The molecule has 0 spiro atoms. The zero-order chi connectivity index (χ0) is 13.1. The van der Waals surface area contributed by atoms with Crippen LogP contribution in [0.5, 0.6) is 11.5 Å². The summed E-state index contributed by atoms with van der Waals surface area (Å²) in [7, 11) is 4.92. The van der Waals surface area contributed by atoms with Gasteiger partial charge < -0.3 is 19.9 Å². The van der Waals surface area contributed by atoms with Gasteiger partial charge in [0.15, 0.2) is 0 Å². The first-order valence-corrected chi connectivity index (χ1v) is 5.50. The summed E-state index contributed by atoms with van der Waals surface area (Å²) >= 11 is 0. The highest BCUT2D eigenvalue weighted by atomic mass is 16.5. The van der Waals surface area contributed by atoms with Gasteiger partial charge in [0.05, 0.1) is 14.2 Å². The topological polar surface area (TPSA) is 53.7 Å². The molecule has 0 saturated heterocycles. The van der Waals surface area contributed by atoms with Crippen LogP contribution in [-0.4, -0.2) is 27.9 Å². The van der Waals surface area contributed by atoms with Crippen LogP contribution in [0.15, 0.2) is 12.1 Å². The van der Waals surface area contributed by atoms with Crippen molar-refractivity contribution in [3.8, 4) is 11.5 Å². The van der Waals surface area contributed by atoms with Gasteiger partial charge in [-0.05, 0) is 31.5 Å². The maximum atomic E-state index is 5.76. The van der Waals surface area contributed by atoms with Crippen LogP contribution in [0.3, 0.4) is 0 Å². The Balaban J connectivity index is 3.35. The smallest absolute Gasteiger partial charge is 0.125 e. The molecule has 96 valence electrons. The molecule has 0 fully saturated rings. The lowest BCUT2D eigenvalue weighted by Gasteiger charge is -2.28. The molecule has 1 aromatic carbocycles. The lowest BCUT2D eigenvalue weighted by molar-refractivity contribution is 0.00975. The van der Waals surface area contributed by atoms with E-state index in [0.717, 1.165) is 22.6 Å². The fraction of sp³-hybridized carbons (Fsp3) is 0.538. The molecule has 1 unspecified atom stereocenters. The van der Waals surface area contributed by atoms with Gasteiger partial charge in [-0.15, -0.1) is 0 Å². The van der Waals surface area contributed by atoms with Gasteiger partial charge in [0.25, 0.3) is 0 Å². The molecule has 1 aromatic rings. The molecule has 2 N–H and O–H groups in total. The van der Waals surface area contributed by atoms with Gasteiger partial charge in [-0.1, -0.05) is 0 Å². The average molecular weight is 239 g/mol. The van der Waals surface area contributed by atoms with Crippen molar-refractivity contribution in [3.63, 3.8) is 0 Å². The Labute approximate surface area is 103 Å². The summed E-state index contributed by atoms with van der Waals surface area (Å²) in [5.41, 5.74) is 7.14. The van der Waals surface area contributed by atoms with E-state index in [4.69, 9.17) is 19.9 Å². The van der Waals surface area contributed by atoms with Gasteiger partial charge in [-0.2, -0.15) is 0 Å². The minimum Gasteiger partial charge on any atom is -0.496 e. The zero-order valence-electron chi connectivity index (χ0n) is 11.2. The number of hydrogen-bond acceptors (Lipinski definition) is 4. The van der Waals surface area contributed by atoms with Crippen LogP contribution in [0.1, 0.15) is 18.1 Å². The number of hydrogen-bond donors (Lipinski definition) is 1. The molecule has 4 heteroatoms. The maximum absolute atomic E-state index is 5.76. The molecule has 1 atom stereocenters. The van der Waals surface area contributed by atoms with E-state index in [0.29, 0.717) is 6.54 Å². The molecule has 4 nitrogen and oxygen atoms in total. The number of methoxy groups -OCH3 is 3. The van der Waals surface area contributed by atoms with E-state index in [1.807, 2.05) is 26.0 Å². The molecule has 17 heavy (non-hydrogen) atoms. The SMILES string of the molecule is COc1cc(C(C)(CN)OC)cc(OC)c1C. The lowest BCUT2D eigenvalue weighted by atomic mass is 9.94. The number of benzene rings is 1. The van der Waals surface area contributed by atoms with Crippen LogP contribution in [0, 0.1) is 6.92 Å². The standard InChI is InChI=1S/C13H21NO3/c1-9-11(15-3)6-10(7-12(9)16-4)13(2,8-14)17-5/h6-7H,8,14H2,1-5H3. The average Bonchev–Trinajstić information content (AvgIpc) is 2.38. The molecule has 0 radical (unpaired) electrons. The predicted octanol–water partition coefficient (Wildman–Crippen LogP) is 1.83. The van der Waals surface area contributed by atoms with Crippen LogP contribution < -0.4 is 15.2 Å². The second-order valence-electron chi connectivity index (χ2n) is 4.14. The normalized spacial score (nSPS) is 14.2. The largest absolute Gasteiger partial charge is 0.496 e. The lowest BCUT2D eigenvalue weighted by Crippen LogP contribution is -2.33.